The minimum absolute atomic E-state index is 0.0759. The summed E-state index contributed by atoms with van der Waals surface area (Å²) in [6.45, 7) is 11.6. The fourth-order valence-electron chi connectivity index (χ4n) is 5.59. The maximum Gasteiger partial charge on any atom is 0.416 e. The van der Waals surface area contributed by atoms with Gasteiger partial charge in [0, 0.05) is 22.8 Å². The Morgan fingerprint density at radius 1 is 1.02 bits per heavy atom. The zero-order valence-electron chi connectivity index (χ0n) is 24.7. The lowest BCUT2D eigenvalue weighted by molar-refractivity contribution is -0.137. The number of benzene rings is 2. The molecule has 8 N–H and O–H groups in total. The standard InChI is InChI=1S/C33H43F3N6O/c1-21(41-27-17-24-6-4-5-7-29(24)40-20-27)30(16-23-8-10-26(11-9-23)33(34,35)36)42-22(2)31(39)25-18-28(19-25)43-32(3,12-14-37)13-15-38/h4-11,17,20,25,28,30-31,41-42H,1-2,12-16,18-19,37-39H2,3H3/t25?,28?,30-,31?/m0/s1. The molecule has 0 amide bonds. The maximum absolute atomic E-state index is 13.1. The zero-order valence-corrected chi connectivity index (χ0v) is 24.7. The van der Waals surface area contributed by atoms with E-state index in [0.29, 0.717) is 36.5 Å². The number of ether oxygens (including phenoxy) is 1. The highest BCUT2D eigenvalue weighted by Crippen LogP contribution is 2.38. The van der Waals surface area contributed by atoms with E-state index in [1.807, 2.05) is 30.3 Å². The Balaban J connectivity index is 1.44. The van der Waals surface area contributed by atoms with Gasteiger partial charge >= 0.3 is 6.18 Å². The predicted octanol–water partition coefficient (Wildman–Crippen LogP) is 5.47. The number of nitrogens with one attached hydrogen (secondary N) is 2. The molecular formula is C33H43F3N6O. The van der Waals surface area contributed by atoms with E-state index in [9.17, 15) is 13.2 Å². The molecule has 7 nitrogen and oxygen atoms in total. The second kappa shape index (κ2) is 13.9. The van der Waals surface area contributed by atoms with Crippen molar-refractivity contribution in [2.45, 2.75) is 69.0 Å². The van der Waals surface area contributed by atoms with Gasteiger partial charge in [0.25, 0.3) is 0 Å². The van der Waals surface area contributed by atoms with Crippen LogP contribution >= 0.6 is 0 Å². The number of hydrogen-bond donors (Lipinski definition) is 5. The third-order valence-corrected chi connectivity index (χ3v) is 8.24. The van der Waals surface area contributed by atoms with Gasteiger partial charge in [0.15, 0.2) is 0 Å². The molecule has 1 fully saturated rings. The first-order chi connectivity index (χ1) is 20.4. The normalized spacial score (nSPS) is 18.5. The van der Waals surface area contributed by atoms with Gasteiger partial charge in [0.1, 0.15) is 0 Å². The maximum atomic E-state index is 13.1. The summed E-state index contributed by atoms with van der Waals surface area (Å²) in [7, 11) is 0. The molecule has 0 bridgehead atoms. The summed E-state index contributed by atoms with van der Waals surface area (Å²) in [5.41, 5.74) is 20.8. The number of pyridine rings is 1. The summed E-state index contributed by atoms with van der Waals surface area (Å²) in [6, 6.07) is 14.1. The van der Waals surface area contributed by atoms with Crippen LogP contribution in [0.3, 0.4) is 0 Å². The van der Waals surface area contributed by atoms with Gasteiger partial charge in [-0.3, -0.25) is 4.98 Å². The first kappa shape index (κ1) is 32.5. The first-order valence-corrected chi connectivity index (χ1v) is 14.7. The summed E-state index contributed by atoms with van der Waals surface area (Å²) in [5, 5.41) is 7.72. The molecule has 1 unspecified atom stereocenters. The second-order valence-electron chi connectivity index (χ2n) is 11.7. The van der Waals surface area contributed by atoms with E-state index in [0.717, 1.165) is 54.4 Å². The van der Waals surface area contributed by atoms with Gasteiger partial charge in [-0.1, -0.05) is 43.5 Å². The Morgan fingerprint density at radius 2 is 1.67 bits per heavy atom. The van der Waals surface area contributed by atoms with Crippen molar-refractivity contribution in [2.24, 2.45) is 23.1 Å². The third kappa shape index (κ3) is 8.57. The third-order valence-electron chi connectivity index (χ3n) is 8.24. The Labute approximate surface area is 251 Å². The molecule has 4 rings (SSSR count). The molecular weight excluding hydrogens is 553 g/mol. The van der Waals surface area contributed by atoms with Crippen molar-refractivity contribution < 1.29 is 17.9 Å². The minimum Gasteiger partial charge on any atom is -0.379 e. The van der Waals surface area contributed by atoms with Crippen LogP contribution in [-0.4, -0.2) is 41.9 Å². The van der Waals surface area contributed by atoms with Crippen molar-refractivity contribution in [3.8, 4) is 0 Å². The van der Waals surface area contributed by atoms with Crippen LogP contribution in [0, 0.1) is 5.92 Å². The molecule has 2 aromatic carbocycles. The van der Waals surface area contributed by atoms with Gasteiger partial charge in [0.2, 0.25) is 0 Å². The van der Waals surface area contributed by atoms with Crippen LogP contribution < -0.4 is 27.8 Å². The number of halogens is 3. The van der Waals surface area contributed by atoms with Crippen LogP contribution in [0.5, 0.6) is 0 Å². The molecule has 1 saturated carbocycles. The van der Waals surface area contributed by atoms with Gasteiger partial charge < -0.3 is 32.6 Å². The van der Waals surface area contributed by atoms with Crippen molar-refractivity contribution in [1.82, 2.24) is 10.3 Å². The van der Waals surface area contributed by atoms with Gasteiger partial charge in [0.05, 0.1) is 40.7 Å². The average Bonchev–Trinajstić information content (AvgIpc) is 2.94. The number of alkyl halides is 3. The fraction of sp³-hybridized carbons (Fsp3) is 0.424. The summed E-state index contributed by atoms with van der Waals surface area (Å²) in [4.78, 5) is 4.50. The molecule has 1 aromatic heterocycles. The highest BCUT2D eigenvalue weighted by Gasteiger charge is 2.39. The number of para-hydroxylation sites is 1. The van der Waals surface area contributed by atoms with Gasteiger partial charge in [-0.15, -0.1) is 0 Å². The second-order valence-corrected chi connectivity index (χ2v) is 11.7. The van der Waals surface area contributed by atoms with E-state index in [4.69, 9.17) is 21.9 Å². The van der Waals surface area contributed by atoms with E-state index >= 15 is 0 Å². The molecule has 1 heterocycles. The van der Waals surface area contributed by atoms with E-state index in [2.05, 4.69) is 35.7 Å². The number of aromatic nitrogens is 1. The lowest BCUT2D eigenvalue weighted by atomic mass is 9.76. The van der Waals surface area contributed by atoms with Gasteiger partial charge in [-0.05, 0) is 87.9 Å². The van der Waals surface area contributed by atoms with Crippen LogP contribution in [0.2, 0.25) is 0 Å². The Morgan fingerprint density at radius 3 is 2.30 bits per heavy atom. The molecule has 43 heavy (non-hydrogen) atoms. The number of anilines is 1. The van der Waals surface area contributed by atoms with Crippen LogP contribution in [0.4, 0.5) is 18.9 Å². The lowest BCUT2D eigenvalue weighted by Crippen LogP contribution is -2.50. The van der Waals surface area contributed by atoms with Crippen molar-refractivity contribution in [3.05, 3.63) is 96.5 Å². The van der Waals surface area contributed by atoms with E-state index in [-0.39, 0.29) is 23.7 Å². The smallest absolute Gasteiger partial charge is 0.379 e. The summed E-state index contributed by atoms with van der Waals surface area (Å²) < 4.78 is 45.8. The molecule has 1 aliphatic carbocycles. The minimum atomic E-state index is -4.40. The molecule has 0 saturated heterocycles. The Bertz CT molecular complexity index is 1380. The largest absolute Gasteiger partial charge is 0.416 e. The number of hydrogen-bond acceptors (Lipinski definition) is 7. The summed E-state index contributed by atoms with van der Waals surface area (Å²) in [6.07, 6.45) is 0.813. The van der Waals surface area contributed by atoms with Crippen LogP contribution in [0.1, 0.15) is 43.7 Å². The van der Waals surface area contributed by atoms with Gasteiger partial charge in [-0.2, -0.15) is 13.2 Å². The van der Waals surface area contributed by atoms with Crippen LogP contribution in [0.15, 0.2) is 85.3 Å². The van der Waals surface area contributed by atoms with Crippen molar-refractivity contribution >= 4 is 16.6 Å². The number of rotatable bonds is 15. The number of nitrogens with two attached hydrogens (primary N) is 3. The monoisotopic (exact) mass is 596 g/mol. The SMILES string of the molecule is C=C(N[C@@H](Cc1ccc(C(F)(F)F)cc1)C(=C)Nc1cnc2ccccc2c1)C(N)C1CC(OC(C)(CCN)CCN)C1. The molecule has 0 aliphatic heterocycles. The Kier molecular flexibility index (Phi) is 10.5. The predicted molar refractivity (Wildman–Crippen MR) is 167 cm³/mol. The number of fused-ring (bicyclic) bond motifs is 1. The van der Waals surface area contributed by atoms with E-state index < -0.39 is 17.8 Å². The van der Waals surface area contributed by atoms with Crippen molar-refractivity contribution in [2.75, 3.05) is 18.4 Å². The molecule has 2 atom stereocenters. The molecule has 0 spiro atoms. The Hall–Kier alpha value is -3.44. The quantitative estimate of drug-likeness (QED) is 0.158. The topological polar surface area (TPSA) is 124 Å². The lowest BCUT2D eigenvalue weighted by Gasteiger charge is -2.44. The fourth-order valence-corrected chi connectivity index (χ4v) is 5.59. The van der Waals surface area contributed by atoms with Crippen LogP contribution in [0.25, 0.3) is 10.9 Å². The molecule has 1 aliphatic rings. The average molecular weight is 597 g/mol. The summed E-state index contributed by atoms with van der Waals surface area (Å²) in [5.74, 6) is 0.169. The zero-order chi connectivity index (χ0) is 31.2. The number of nitrogens with zero attached hydrogens (tertiary/aromatic N) is 1. The molecule has 10 heteroatoms. The van der Waals surface area contributed by atoms with E-state index in [1.165, 1.54) is 12.1 Å². The van der Waals surface area contributed by atoms with Crippen molar-refractivity contribution in [3.63, 3.8) is 0 Å². The van der Waals surface area contributed by atoms with Gasteiger partial charge in [-0.25, -0.2) is 0 Å². The van der Waals surface area contributed by atoms with E-state index in [1.54, 1.807) is 6.20 Å². The highest BCUT2D eigenvalue weighted by molar-refractivity contribution is 5.81. The molecule has 0 radical (unpaired) electrons. The molecule has 3 aromatic rings. The van der Waals surface area contributed by atoms with Crippen LogP contribution in [-0.2, 0) is 17.3 Å². The molecule has 232 valence electrons. The highest BCUT2D eigenvalue weighted by atomic mass is 19.4. The first-order valence-electron chi connectivity index (χ1n) is 14.7. The van der Waals surface area contributed by atoms with Crippen molar-refractivity contribution in [1.29, 1.82) is 0 Å². The summed E-state index contributed by atoms with van der Waals surface area (Å²) >= 11 is 0.